The van der Waals surface area contributed by atoms with Crippen molar-refractivity contribution in [2.45, 2.75) is 48.8 Å². The topological polar surface area (TPSA) is 95.5 Å². The normalized spacial score (nSPS) is 17.6. The molecule has 10 heteroatoms. The van der Waals surface area contributed by atoms with Gasteiger partial charge >= 0.3 is 0 Å². The number of nitrogens with two attached hydrogens (primary N) is 1. The molecule has 8 nitrogen and oxygen atoms in total. The number of rotatable bonds is 5. The van der Waals surface area contributed by atoms with Crippen LogP contribution in [0.25, 0.3) is 11.0 Å². The van der Waals surface area contributed by atoms with Gasteiger partial charge in [-0.3, -0.25) is 4.79 Å². The van der Waals surface area contributed by atoms with Crippen molar-refractivity contribution in [1.29, 1.82) is 0 Å². The number of imidazole rings is 1. The fourth-order valence-corrected chi connectivity index (χ4v) is 5.47. The van der Waals surface area contributed by atoms with E-state index in [0.29, 0.717) is 34.4 Å². The van der Waals surface area contributed by atoms with E-state index in [-0.39, 0.29) is 18.7 Å². The molecule has 31 heavy (non-hydrogen) atoms. The molecule has 1 unspecified atom stereocenters. The van der Waals surface area contributed by atoms with Gasteiger partial charge in [0.2, 0.25) is 12.7 Å². The molecule has 1 aromatic carbocycles. The average Bonchev–Trinajstić information content (AvgIpc) is 3.45. The maximum Gasteiger partial charge on any atom is 0.231 e. The number of nitrogens with zero attached hydrogens (tertiary/aromatic N) is 4. The van der Waals surface area contributed by atoms with Gasteiger partial charge in [-0.15, -0.1) is 0 Å². The van der Waals surface area contributed by atoms with Crippen LogP contribution in [0, 0.1) is 0 Å². The van der Waals surface area contributed by atoms with Gasteiger partial charge in [-0.25, -0.2) is 9.97 Å². The van der Waals surface area contributed by atoms with Gasteiger partial charge in [-0.05, 0) is 43.2 Å². The van der Waals surface area contributed by atoms with Crippen LogP contribution in [0.1, 0.15) is 26.2 Å². The zero-order chi connectivity index (χ0) is 21.5. The third-order valence-electron chi connectivity index (χ3n) is 5.76. The van der Waals surface area contributed by atoms with E-state index in [0.717, 1.165) is 41.4 Å². The Labute approximate surface area is 188 Å². The fraction of sp³-hybridized carbons (Fsp3) is 0.381. The predicted molar refractivity (Wildman–Crippen MR) is 119 cm³/mol. The van der Waals surface area contributed by atoms with E-state index in [1.807, 2.05) is 17.0 Å². The summed E-state index contributed by atoms with van der Waals surface area (Å²) >= 11 is 7.95. The Morgan fingerprint density at radius 3 is 2.97 bits per heavy atom. The lowest BCUT2D eigenvalue weighted by Gasteiger charge is -2.23. The van der Waals surface area contributed by atoms with Crippen molar-refractivity contribution in [3.63, 3.8) is 0 Å². The summed E-state index contributed by atoms with van der Waals surface area (Å²) in [5.74, 6) is 1.83. The number of aryl methyl sites for hydroxylation is 1. The van der Waals surface area contributed by atoms with Gasteiger partial charge in [0.1, 0.15) is 5.52 Å². The summed E-state index contributed by atoms with van der Waals surface area (Å²) in [5, 5.41) is 1.33. The molecule has 5 rings (SSSR count). The number of halogens is 1. The number of nitrogen functional groups attached to an aromatic ring is 1. The van der Waals surface area contributed by atoms with Gasteiger partial charge in [-0.1, -0.05) is 11.6 Å². The number of benzene rings is 1. The van der Waals surface area contributed by atoms with E-state index in [1.165, 1.54) is 11.8 Å². The van der Waals surface area contributed by atoms with Crippen molar-refractivity contribution in [2.75, 3.05) is 19.1 Å². The van der Waals surface area contributed by atoms with Crippen molar-refractivity contribution in [3.8, 4) is 11.5 Å². The molecule has 3 aromatic rings. The summed E-state index contributed by atoms with van der Waals surface area (Å²) in [5.41, 5.74) is 7.68. The number of hydrogen-bond donors (Lipinski definition) is 1. The smallest absolute Gasteiger partial charge is 0.231 e. The maximum absolute atomic E-state index is 12.0. The lowest BCUT2D eigenvalue weighted by Crippen LogP contribution is -2.34. The molecule has 1 amide bonds. The number of hydrogen-bond acceptors (Lipinski definition) is 7. The highest BCUT2D eigenvalue weighted by Gasteiger charge is 2.27. The molecule has 1 saturated heterocycles. The third kappa shape index (κ3) is 3.76. The molecular weight excluding hydrogens is 438 g/mol. The number of anilines is 1. The molecule has 1 atom stereocenters. The molecule has 162 valence electrons. The standard InChI is InChI=1S/C21H22ClN5O3S/c1-12(28)26-7-2-3-13(26)5-8-27-15-4-6-24-20(23)19(15)25-21(27)31-18-10-17-16(9-14(18)22)29-11-30-17/h4,6,9-10,13H,2-3,5,7-8,11H2,1H3,(H2,23,24). The Kier molecular flexibility index (Phi) is 5.31. The van der Waals surface area contributed by atoms with E-state index in [9.17, 15) is 4.79 Å². The minimum Gasteiger partial charge on any atom is -0.454 e. The molecule has 0 saturated carbocycles. The van der Waals surface area contributed by atoms with Crippen LogP contribution >= 0.6 is 23.4 Å². The number of carbonyl (C=O) groups excluding carboxylic acids is 1. The Hall–Kier alpha value is -2.65. The third-order valence-corrected chi connectivity index (χ3v) is 7.23. The summed E-state index contributed by atoms with van der Waals surface area (Å²) in [7, 11) is 0. The summed E-state index contributed by atoms with van der Waals surface area (Å²) < 4.78 is 13.0. The number of amides is 1. The van der Waals surface area contributed by atoms with Gasteiger partial charge < -0.3 is 24.7 Å². The van der Waals surface area contributed by atoms with Crippen LogP contribution in [0.15, 0.2) is 34.4 Å². The first-order valence-electron chi connectivity index (χ1n) is 10.2. The molecule has 2 aliphatic rings. The SMILES string of the molecule is CC(=O)N1CCCC1CCn1c(Sc2cc3c(cc2Cl)OCO3)nc2c(N)nccc21. The van der Waals surface area contributed by atoms with Gasteiger partial charge in [0, 0.05) is 43.2 Å². The van der Waals surface area contributed by atoms with E-state index in [4.69, 9.17) is 31.8 Å². The van der Waals surface area contributed by atoms with Crippen molar-refractivity contribution < 1.29 is 14.3 Å². The predicted octanol–water partition coefficient (Wildman–Crippen LogP) is 3.95. The number of ether oxygens (including phenoxy) is 2. The van der Waals surface area contributed by atoms with Crippen LogP contribution in [-0.2, 0) is 11.3 Å². The quantitative estimate of drug-likeness (QED) is 0.617. The minimum atomic E-state index is 0.133. The molecule has 2 aromatic heterocycles. The summed E-state index contributed by atoms with van der Waals surface area (Å²) in [6.45, 7) is 3.36. The van der Waals surface area contributed by atoms with Crippen LogP contribution in [0.4, 0.5) is 5.82 Å². The summed E-state index contributed by atoms with van der Waals surface area (Å²) in [6.07, 6.45) is 4.59. The molecule has 2 aliphatic heterocycles. The van der Waals surface area contributed by atoms with Gasteiger partial charge in [0.25, 0.3) is 0 Å². The molecule has 0 radical (unpaired) electrons. The first kappa shape index (κ1) is 20.3. The van der Waals surface area contributed by atoms with E-state index >= 15 is 0 Å². The molecule has 0 spiro atoms. The maximum atomic E-state index is 12.0. The lowest BCUT2D eigenvalue weighted by atomic mass is 10.1. The van der Waals surface area contributed by atoms with E-state index in [2.05, 4.69) is 9.55 Å². The second-order valence-electron chi connectivity index (χ2n) is 7.65. The highest BCUT2D eigenvalue weighted by Crippen LogP contribution is 2.43. The number of fused-ring (bicyclic) bond motifs is 2. The van der Waals surface area contributed by atoms with Crippen molar-refractivity contribution in [1.82, 2.24) is 19.4 Å². The number of likely N-dealkylation sites (tertiary alicyclic amines) is 1. The lowest BCUT2D eigenvalue weighted by molar-refractivity contribution is -0.129. The molecule has 0 bridgehead atoms. The Morgan fingerprint density at radius 2 is 2.16 bits per heavy atom. The van der Waals surface area contributed by atoms with Gasteiger partial charge in [-0.2, -0.15) is 0 Å². The van der Waals surface area contributed by atoms with E-state index < -0.39 is 0 Å². The zero-order valence-corrected chi connectivity index (χ0v) is 18.6. The molecule has 4 heterocycles. The number of pyridine rings is 1. The highest BCUT2D eigenvalue weighted by molar-refractivity contribution is 7.99. The zero-order valence-electron chi connectivity index (χ0n) is 17.0. The first-order valence-corrected chi connectivity index (χ1v) is 11.4. The van der Waals surface area contributed by atoms with Crippen LogP contribution in [-0.4, -0.2) is 44.7 Å². The molecular formula is C21H22ClN5O3S. The molecule has 1 fully saturated rings. The Morgan fingerprint density at radius 1 is 1.35 bits per heavy atom. The van der Waals surface area contributed by atoms with Crippen LogP contribution in [0.3, 0.4) is 0 Å². The molecule has 2 N–H and O–H groups in total. The van der Waals surface area contributed by atoms with Gasteiger partial charge in [0.15, 0.2) is 22.5 Å². The minimum absolute atomic E-state index is 0.133. The largest absolute Gasteiger partial charge is 0.454 e. The summed E-state index contributed by atoms with van der Waals surface area (Å²) in [6, 6.07) is 5.79. The van der Waals surface area contributed by atoms with E-state index in [1.54, 1.807) is 19.2 Å². The average molecular weight is 460 g/mol. The van der Waals surface area contributed by atoms with Crippen molar-refractivity contribution >= 4 is 46.1 Å². The van der Waals surface area contributed by atoms with Crippen LogP contribution in [0.2, 0.25) is 5.02 Å². The highest BCUT2D eigenvalue weighted by atomic mass is 35.5. The number of carbonyl (C=O) groups is 1. The second kappa shape index (κ2) is 8.12. The Balaban J connectivity index is 1.48. The monoisotopic (exact) mass is 459 g/mol. The first-order chi connectivity index (χ1) is 15.0. The van der Waals surface area contributed by atoms with Gasteiger partial charge in [0.05, 0.1) is 10.5 Å². The van der Waals surface area contributed by atoms with Crippen LogP contribution in [0.5, 0.6) is 11.5 Å². The fourth-order valence-electron chi connectivity index (χ4n) is 4.25. The van der Waals surface area contributed by atoms with Crippen molar-refractivity contribution in [3.05, 3.63) is 29.4 Å². The summed E-state index contributed by atoms with van der Waals surface area (Å²) in [4.78, 5) is 23.7. The van der Waals surface area contributed by atoms with Crippen LogP contribution < -0.4 is 15.2 Å². The molecule has 0 aliphatic carbocycles. The second-order valence-corrected chi connectivity index (χ2v) is 9.06. The van der Waals surface area contributed by atoms with Crippen molar-refractivity contribution in [2.24, 2.45) is 0 Å². The Bertz CT molecular complexity index is 1170. The number of aromatic nitrogens is 3.